The van der Waals surface area contributed by atoms with Gasteiger partial charge in [0.2, 0.25) is 0 Å². The van der Waals surface area contributed by atoms with Crippen LogP contribution in [0.1, 0.15) is 52.7 Å². The quantitative estimate of drug-likeness (QED) is 0.702. The molecule has 1 aromatic rings. The van der Waals surface area contributed by atoms with Crippen LogP contribution < -0.4 is 4.74 Å². The number of rotatable bonds is 7. The third kappa shape index (κ3) is 5.98. The molecule has 3 nitrogen and oxygen atoms in total. The van der Waals surface area contributed by atoms with Gasteiger partial charge in [-0.3, -0.25) is 0 Å². The first-order chi connectivity index (χ1) is 10.2. The molecule has 1 rings (SSSR count). The van der Waals surface area contributed by atoms with Gasteiger partial charge in [0.25, 0.3) is 0 Å². The molecule has 0 heterocycles. The molecule has 0 saturated heterocycles. The Morgan fingerprint density at radius 3 is 2.00 bits per heavy atom. The summed E-state index contributed by atoms with van der Waals surface area (Å²) in [6.07, 6.45) is 0. The van der Waals surface area contributed by atoms with Crippen LogP contribution in [0.25, 0.3) is 0 Å². The SMILES string of the molecule is COCCOCCOc1cc(C(C)(C)C)ccc1C(C)(C)C. The molecule has 0 atom stereocenters. The number of hydrogen-bond acceptors (Lipinski definition) is 3. The van der Waals surface area contributed by atoms with Crippen molar-refractivity contribution in [1.82, 2.24) is 0 Å². The van der Waals surface area contributed by atoms with Crippen molar-refractivity contribution in [2.24, 2.45) is 0 Å². The molecular formula is C19H32O3. The van der Waals surface area contributed by atoms with E-state index >= 15 is 0 Å². The highest BCUT2D eigenvalue weighted by atomic mass is 16.5. The van der Waals surface area contributed by atoms with Crippen molar-refractivity contribution in [3.63, 3.8) is 0 Å². The molecule has 0 radical (unpaired) electrons. The summed E-state index contributed by atoms with van der Waals surface area (Å²) in [6, 6.07) is 6.58. The van der Waals surface area contributed by atoms with Gasteiger partial charge in [0.05, 0.1) is 19.8 Å². The van der Waals surface area contributed by atoms with Crippen LogP contribution in [0, 0.1) is 0 Å². The van der Waals surface area contributed by atoms with Crippen molar-refractivity contribution in [2.45, 2.75) is 52.4 Å². The maximum Gasteiger partial charge on any atom is 0.123 e. The summed E-state index contributed by atoms with van der Waals surface area (Å²) in [6.45, 7) is 15.6. The topological polar surface area (TPSA) is 27.7 Å². The van der Waals surface area contributed by atoms with Crippen LogP contribution in [0.15, 0.2) is 18.2 Å². The average molecular weight is 308 g/mol. The minimum Gasteiger partial charge on any atom is -0.491 e. The van der Waals surface area contributed by atoms with Gasteiger partial charge in [-0.25, -0.2) is 0 Å². The van der Waals surface area contributed by atoms with Crippen LogP contribution in [0.5, 0.6) is 5.75 Å². The van der Waals surface area contributed by atoms with Gasteiger partial charge >= 0.3 is 0 Å². The zero-order valence-electron chi connectivity index (χ0n) is 15.3. The third-order valence-electron chi connectivity index (χ3n) is 3.57. The van der Waals surface area contributed by atoms with E-state index in [-0.39, 0.29) is 10.8 Å². The summed E-state index contributed by atoms with van der Waals surface area (Å²) in [5, 5.41) is 0. The van der Waals surface area contributed by atoms with Crippen molar-refractivity contribution in [2.75, 3.05) is 33.5 Å². The summed E-state index contributed by atoms with van der Waals surface area (Å²) in [7, 11) is 1.67. The molecule has 0 amide bonds. The van der Waals surface area contributed by atoms with Crippen LogP contribution in [0.4, 0.5) is 0 Å². The number of benzene rings is 1. The van der Waals surface area contributed by atoms with Crippen LogP contribution in [-0.2, 0) is 20.3 Å². The number of hydrogen-bond donors (Lipinski definition) is 0. The second-order valence-corrected chi connectivity index (χ2v) is 7.66. The van der Waals surface area contributed by atoms with Gasteiger partial charge in [-0.15, -0.1) is 0 Å². The van der Waals surface area contributed by atoms with Crippen LogP contribution in [0.3, 0.4) is 0 Å². The fraction of sp³-hybridized carbons (Fsp3) is 0.684. The molecule has 0 fully saturated rings. The van der Waals surface area contributed by atoms with Crippen molar-refractivity contribution < 1.29 is 14.2 Å². The van der Waals surface area contributed by atoms with Crippen LogP contribution in [-0.4, -0.2) is 33.5 Å². The first kappa shape index (κ1) is 19.0. The first-order valence-electron chi connectivity index (χ1n) is 8.01. The van der Waals surface area contributed by atoms with Crippen molar-refractivity contribution in [3.8, 4) is 5.75 Å². The maximum atomic E-state index is 6.01. The molecule has 126 valence electrons. The predicted octanol–water partition coefficient (Wildman–Crippen LogP) is 4.32. The van der Waals surface area contributed by atoms with E-state index in [0.29, 0.717) is 26.4 Å². The molecule has 0 bridgehead atoms. The molecule has 0 aliphatic heterocycles. The maximum absolute atomic E-state index is 6.01. The fourth-order valence-electron chi connectivity index (χ4n) is 2.18. The van der Waals surface area contributed by atoms with Gasteiger partial charge in [0, 0.05) is 7.11 Å². The van der Waals surface area contributed by atoms with Crippen molar-refractivity contribution >= 4 is 0 Å². The van der Waals surface area contributed by atoms with Gasteiger partial charge < -0.3 is 14.2 Å². The highest BCUT2D eigenvalue weighted by Gasteiger charge is 2.22. The van der Waals surface area contributed by atoms with E-state index in [1.165, 1.54) is 11.1 Å². The van der Waals surface area contributed by atoms with E-state index in [1.807, 2.05) is 0 Å². The largest absolute Gasteiger partial charge is 0.491 e. The van der Waals surface area contributed by atoms with Crippen LogP contribution >= 0.6 is 0 Å². The Bertz CT molecular complexity index is 453. The minimum absolute atomic E-state index is 0.0582. The van der Waals surface area contributed by atoms with E-state index in [4.69, 9.17) is 14.2 Å². The summed E-state index contributed by atoms with van der Waals surface area (Å²) in [4.78, 5) is 0. The number of ether oxygens (including phenoxy) is 3. The second kappa shape index (κ2) is 7.98. The fourth-order valence-corrected chi connectivity index (χ4v) is 2.18. The highest BCUT2D eigenvalue weighted by molar-refractivity contribution is 5.43. The Labute approximate surface area is 136 Å². The van der Waals surface area contributed by atoms with Gasteiger partial charge in [-0.2, -0.15) is 0 Å². The summed E-state index contributed by atoms with van der Waals surface area (Å²) in [5.74, 6) is 0.968. The monoisotopic (exact) mass is 308 g/mol. The Kier molecular flexibility index (Phi) is 6.89. The molecule has 1 aromatic carbocycles. The van der Waals surface area contributed by atoms with E-state index in [0.717, 1.165) is 5.75 Å². The third-order valence-corrected chi connectivity index (χ3v) is 3.57. The molecule has 0 aliphatic carbocycles. The lowest BCUT2D eigenvalue weighted by Crippen LogP contribution is -2.18. The highest BCUT2D eigenvalue weighted by Crippen LogP contribution is 2.35. The Morgan fingerprint density at radius 2 is 1.45 bits per heavy atom. The molecule has 0 spiro atoms. The normalized spacial score (nSPS) is 12.5. The van der Waals surface area contributed by atoms with Crippen molar-refractivity contribution in [1.29, 1.82) is 0 Å². The Morgan fingerprint density at radius 1 is 0.818 bits per heavy atom. The minimum atomic E-state index is 0.0582. The number of methoxy groups -OCH3 is 1. The molecule has 0 aliphatic rings. The van der Waals surface area contributed by atoms with E-state index < -0.39 is 0 Å². The molecular weight excluding hydrogens is 276 g/mol. The van der Waals surface area contributed by atoms with E-state index in [1.54, 1.807) is 7.11 Å². The molecule has 3 heteroatoms. The molecule has 0 N–H and O–H groups in total. The Hall–Kier alpha value is -1.06. The zero-order chi connectivity index (χ0) is 16.8. The lowest BCUT2D eigenvalue weighted by Gasteiger charge is -2.26. The smallest absolute Gasteiger partial charge is 0.123 e. The Balaban J connectivity index is 2.80. The standard InChI is InChI=1S/C19H32O3/c1-18(2,3)15-8-9-16(19(4,5)6)17(14-15)22-13-12-21-11-10-20-7/h8-9,14H,10-13H2,1-7H3. The summed E-state index contributed by atoms with van der Waals surface area (Å²) >= 11 is 0. The predicted molar refractivity (Wildman–Crippen MR) is 92.0 cm³/mol. The molecule has 0 aromatic heterocycles. The van der Waals surface area contributed by atoms with Gasteiger partial charge in [0.15, 0.2) is 0 Å². The summed E-state index contributed by atoms with van der Waals surface area (Å²) in [5.41, 5.74) is 2.69. The second-order valence-electron chi connectivity index (χ2n) is 7.66. The summed E-state index contributed by atoms with van der Waals surface area (Å²) < 4.78 is 16.4. The lowest BCUT2D eigenvalue weighted by molar-refractivity contribution is 0.0541. The van der Waals surface area contributed by atoms with Gasteiger partial charge in [0.1, 0.15) is 12.4 Å². The average Bonchev–Trinajstić information content (AvgIpc) is 2.40. The zero-order valence-corrected chi connectivity index (χ0v) is 15.3. The van der Waals surface area contributed by atoms with Gasteiger partial charge in [-0.1, -0.05) is 53.7 Å². The van der Waals surface area contributed by atoms with Gasteiger partial charge in [-0.05, 0) is 28.0 Å². The van der Waals surface area contributed by atoms with E-state index in [2.05, 4.69) is 59.7 Å². The van der Waals surface area contributed by atoms with Crippen molar-refractivity contribution in [3.05, 3.63) is 29.3 Å². The molecule has 22 heavy (non-hydrogen) atoms. The first-order valence-corrected chi connectivity index (χ1v) is 8.01. The molecule has 0 saturated carbocycles. The van der Waals surface area contributed by atoms with E-state index in [9.17, 15) is 0 Å². The lowest BCUT2D eigenvalue weighted by atomic mass is 9.81. The van der Waals surface area contributed by atoms with Crippen LogP contribution in [0.2, 0.25) is 0 Å². The molecule has 0 unspecified atom stereocenters.